The number of ether oxygens (including phenoxy) is 3. The van der Waals surface area contributed by atoms with Crippen LogP contribution in [0.3, 0.4) is 0 Å². The monoisotopic (exact) mass is 393 g/mol. The van der Waals surface area contributed by atoms with E-state index in [-0.39, 0.29) is 0 Å². The molecule has 5 nitrogen and oxygen atoms in total. The van der Waals surface area contributed by atoms with Gasteiger partial charge >= 0.3 is 0 Å². The van der Waals surface area contributed by atoms with Gasteiger partial charge in [0, 0.05) is 11.1 Å². The summed E-state index contributed by atoms with van der Waals surface area (Å²) in [7, 11) is 3.22. The summed E-state index contributed by atoms with van der Waals surface area (Å²) in [6.07, 6.45) is -1.23. The maximum atomic E-state index is 10.7. The molecule has 0 saturated heterocycles. The molecule has 0 amide bonds. The zero-order valence-corrected chi connectivity index (χ0v) is 16.9. The number of methoxy groups -OCH3 is 2. The molecule has 0 aliphatic rings. The first-order valence-corrected chi connectivity index (χ1v) is 9.48. The van der Waals surface area contributed by atoms with Crippen molar-refractivity contribution in [3.05, 3.63) is 95.6 Å². The molecule has 3 aromatic rings. The van der Waals surface area contributed by atoms with Crippen LogP contribution in [-0.2, 0) is 10.3 Å². The number of hydrogen-bond acceptors (Lipinski definition) is 5. The molecule has 0 spiro atoms. The third-order valence-electron chi connectivity index (χ3n) is 4.90. The van der Waals surface area contributed by atoms with Gasteiger partial charge in [0.2, 0.25) is 0 Å². The highest BCUT2D eigenvalue weighted by Gasteiger charge is 2.44. The van der Waals surface area contributed by atoms with Crippen molar-refractivity contribution in [2.24, 2.45) is 5.73 Å². The van der Waals surface area contributed by atoms with Crippen molar-refractivity contribution >= 4 is 0 Å². The first-order chi connectivity index (χ1) is 14.0. The minimum absolute atomic E-state index is 0.609. The highest BCUT2D eigenvalue weighted by Crippen LogP contribution is 2.48. The van der Waals surface area contributed by atoms with Gasteiger partial charge in [-0.25, -0.2) is 0 Å². The fourth-order valence-electron chi connectivity index (χ4n) is 3.48. The highest BCUT2D eigenvalue weighted by atomic mass is 16.6. The molecule has 2 unspecified atom stereocenters. The van der Waals surface area contributed by atoms with Crippen molar-refractivity contribution in [3.8, 4) is 11.5 Å². The Labute approximate surface area is 171 Å². The Morgan fingerprint density at radius 2 is 1.21 bits per heavy atom. The van der Waals surface area contributed by atoms with Crippen LogP contribution in [0.5, 0.6) is 11.5 Å². The van der Waals surface area contributed by atoms with Crippen molar-refractivity contribution in [3.63, 3.8) is 0 Å². The van der Waals surface area contributed by atoms with Gasteiger partial charge in [-0.1, -0.05) is 66.7 Å². The van der Waals surface area contributed by atoms with Crippen LogP contribution in [0.2, 0.25) is 0 Å². The van der Waals surface area contributed by atoms with Crippen LogP contribution in [0.1, 0.15) is 23.6 Å². The van der Waals surface area contributed by atoms with Gasteiger partial charge in [0.25, 0.3) is 0 Å². The maximum Gasteiger partial charge on any atom is 0.171 e. The molecule has 0 aliphatic heterocycles. The number of rotatable bonds is 8. The lowest BCUT2D eigenvalue weighted by Crippen LogP contribution is -2.43. The van der Waals surface area contributed by atoms with Gasteiger partial charge in [-0.3, -0.25) is 0 Å². The number of aliphatic hydroxyl groups excluding tert-OH is 1. The van der Waals surface area contributed by atoms with Gasteiger partial charge < -0.3 is 25.1 Å². The van der Waals surface area contributed by atoms with E-state index in [1.54, 1.807) is 21.1 Å². The molecule has 152 valence electrons. The average Bonchev–Trinajstić information content (AvgIpc) is 2.77. The molecule has 5 heteroatoms. The second kappa shape index (κ2) is 9.09. The second-order valence-electron chi connectivity index (χ2n) is 6.82. The summed E-state index contributed by atoms with van der Waals surface area (Å²) in [5, 5.41) is 10.7. The third kappa shape index (κ3) is 3.98. The van der Waals surface area contributed by atoms with Gasteiger partial charge in [0.15, 0.2) is 11.9 Å². The minimum atomic E-state index is -1.23. The molecule has 29 heavy (non-hydrogen) atoms. The van der Waals surface area contributed by atoms with E-state index in [1.807, 2.05) is 78.9 Å². The molecule has 0 heterocycles. The van der Waals surface area contributed by atoms with Crippen molar-refractivity contribution in [1.29, 1.82) is 0 Å². The smallest absolute Gasteiger partial charge is 0.171 e. The lowest BCUT2D eigenvalue weighted by atomic mass is 9.79. The fourth-order valence-corrected chi connectivity index (χ4v) is 3.48. The van der Waals surface area contributed by atoms with Gasteiger partial charge in [-0.2, -0.15) is 0 Å². The first-order valence-electron chi connectivity index (χ1n) is 9.48. The Hall–Kier alpha value is -2.86. The lowest BCUT2D eigenvalue weighted by Gasteiger charge is -2.39. The summed E-state index contributed by atoms with van der Waals surface area (Å²) in [4.78, 5) is 0. The SMILES string of the molecule is COc1ccccc1C(OC(O)C(C)N)(c1ccccc1)c1ccccc1OC. The zero-order chi connectivity index (χ0) is 20.9. The van der Waals surface area contributed by atoms with Crippen LogP contribution < -0.4 is 15.2 Å². The van der Waals surface area contributed by atoms with Gasteiger partial charge in [0.1, 0.15) is 11.5 Å². The molecule has 0 radical (unpaired) electrons. The Morgan fingerprint density at radius 1 is 0.759 bits per heavy atom. The van der Waals surface area contributed by atoms with E-state index in [1.165, 1.54) is 0 Å². The summed E-state index contributed by atoms with van der Waals surface area (Å²) in [6, 6.07) is 24.3. The number of hydrogen-bond donors (Lipinski definition) is 2. The predicted molar refractivity (Wildman–Crippen MR) is 113 cm³/mol. The van der Waals surface area contributed by atoms with Crippen LogP contribution in [0.4, 0.5) is 0 Å². The molecule has 2 atom stereocenters. The summed E-state index contributed by atoms with van der Waals surface area (Å²) >= 11 is 0. The molecule has 0 saturated carbocycles. The fraction of sp³-hybridized carbons (Fsp3) is 0.250. The van der Waals surface area contributed by atoms with Gasteiger partial charge in [-0.15, -0.1) is 0 Å². The maximum absolute atomic E-state index is 10.7. The number of aliphatic hydroxyl groups is 1. The minimum Gasteiger partial charge on any atom is -0.496 e. The van der Waals surface area contributed by atoms with Crippen LogP contribution >= 0.6 is 0 Å². The van der Waals surface area contributed by atoms with E-state index < -0.39 is 17.9 Å². The molecule has 0 fully saturated rings. The van der Waals surface area contributed by atoms with Crippen molar-refractivity contribution in [1.82, 2.24) is 0 Å². The molecule has 3 aromatic carbocycles. The second-order valence-corrected chi connectivity index (χ2v) is 6.82. The zero-order valence-electron chi connectivity index (χ0n) is 16.9. The van der Waals surface area contributed by atoms with Gasteiger partial charge in [0.05, 0.1) is 20.3 Å². The van der Waals surface area contributed by atoms with Crippen LogP contribution in [0.25, 0.3) is 0 Å². The topological polar surface area (TPSA) is 73.9 Å². The molecule has 0 aliphatic carbocycles. The predicted octanol–water partition coefficient (Wildman–Crippen LogP) is 3.68. The Kier molecular flexibility index (Phi) is 6.54. The van der Waals surface area contributed by atoms with Crippen molar-refractivity contribution < 1.29 is 19.3 Å². The summed E-state index contributed by atoms with van der Waals surface area (Å²) < 4.78 is 17.8. The van der Waals surface area contributed by atoms with E-state index in [9.17, 15) is 5.11 Å². The summed E-state index contributed by atoms with van der Waals surface area (Å²) in [5.74, 6) is 1.25. The average molecular weight is 393 g/mol. The molecule has 3 rings (SSSR count). The largest absolute Gasteiger partial charge is 0.496 e. The molecular weight excluding hydrogens is 366 g/mol. The molecule has 0 aromatic heterocycles. The third-order valence-corrected chi connectivity index (χ3v) is 4.90. The van der Waals surface area contributed by atoms with Crippen molar-refractivity contribution in [2.75, 3.05) is 14.2 Å². The highest BCUT2D eigenvalue weighted by molar-refractivity contribution is 5.56. The first kappa shape index (κ1) is 20.9. The summed E-state index contributed by atoms with van der Waals surface area (Å²) in [6.45, 7) is 1.70. The van der Waals surface area contributed by atoms with E-state index in [2.05, 4.69) is 0 Å². The standard InChI is InChI=1S/C24H27NO4/c1-17(25)23(26)29-24(18-11-5-4-6-12-18,19-13-7-9-15-21(19)27-2)20-14-8-10-16-22(20)28-3/h4-17,23,26H,25H2,1-3H3. The quantitative estimate of drug-likeness (QED) is 0.451. The Morgan fingerprint density at radius 3 is 1.66 bits per heavy atom. The van der Waals surface area contributed by atoms with E-state index in [4.69, 9.17) is 19.9 Å². The van der Waals surface area contributed by atoms with Crippen LogP contribution in [0, 0.1) is 0 Å². The Bertz CT molecular complexity index is 879. The van der Waals surface area contributed by atoms with E-state index >= 15 is 0 Å². The summed E-state index contributed by atoms with van der Waals surface area (Å²) in [5.41, 5.74) is 7.05. The molecule has 0 bridgehead atoms. The van der Waals surface area contributed by atoms with Gasteiger partial charge in [-0.05, 0) is 24.6 Å². The van der Waals surface area contributed by atoms with E-state index in [0.717, 1.165) is 16.7 Å². The number of para-hydroxylation sites is 2. The van der Waals surface area contributed by atoms with Crippen LogP contribution in [-0.4, -0.2) is 31.7 Å². The van der Waals surface area contributed by atoms with Crippen molar-refractivity contribution in [2.45, 2.75) is 24.9 Å². The molecule has 3 N–H and O–H groups in total. The van der Waals surface area contributed by atoms with Crippen LogP contribution in [0.15, 0.2) is 78.9 Å². The molecular formula is C24H27NO4. The number of benzene rings is 3. The number of nitrogens with two attached hydrogens (primary N) is 1. The normalized spacial score (nSPS) is 13.6. The Balaban J connectivity index is 2.42. The van der Waals surface area contributed by atoms with E-state index in [0.29, 0.717) is 11.5 Å². The lowest BCUT2D eigenvalue weighted by molar-refractivity contribution is -0.167.